The number of aromatic nitrogens is 1. The Balaban J connectivity index is 1.75. The predicted octanol–water partition coefficient (Wildman–Crippen LogP) is 5.36. The highest BCUT2D eigenvalue weighted by Gasteiger charge is 2.19. The fourth-order valence-corrected chi connectivity index (χ4v) is 3.23. The summed E-state index contributed by atoms with van der Waals surface area (Å²) in [7, 11) is 0. The van der Waals surface area contributed by atoms with Crippen LogP contribution in [0.15, 0.2) is 83.2 Å². The number of amides is 2. The number of halogens is 1. The molecule has 4 aromatic rings. The van der Waals surface area contributed by atoms with Crippen LogP contribution in [0.25, 0.3) is 10.8 Å². The minimum atomic E-state index is -0.578. The standard InChI is InChI=1S/C23H16ClN5O3/c24-15-6-9-17-14(11-15)12-18(21(30)20(17)29-28-19-3-1-2-10-26-19)23(32)27-16-7-4-13(5-8-16)22(25)31/h1-12,30H,(H2,25,31)(H,27,32)/b29-28+. The Labute approximate surface area is 187 Å². The number of benzene rings is 3. The molecule has 158 valence electrons. The summed E-state index contributed by atoms with van der Waals surface area (Å²) in [4.78, 5) is 28.2. The van der Waals surface area contributed by atoms with Crippen LogP contribution in [0.1, 0.15) is 20.7 Å². The molecular weight excluding hydrogens is 430 g/mol. The Hall–Kier alpha value is -4.30. The molecule has 1 aromatic heterocycles. The first kappa shape index (κ1) is 21.0. The summed E-state index contributed by atoms with van der Waals surface area (Å²) in [6.45, 7) is 0. The third-order valence-electron chi connectivity index (χ3n) is 4.62. The highest BCUT2D eigenvalue weighted by atomic mass is 35.5. The monoisotopic (exact) mass is 445 g/mol. The number of carbonyl (C=O) groups is 2. The summed E-state index contributed by atoms with van der Waals surface area (Å²) in [6, 6.07) is 17.7. The number of phenolic OH excluding ortho intramolecular Hbond substituents is 1. The van der Waals surface area contributed by atoms with Crippen molar-refractivity contribution in [2.75, 3.05) is 5.32 Å². The summed E-state index contributed by atoms with van der Waals surface area (Å²) in [5.74, 6) is -1.15. The molecule has 0 spiro atoms. The molecule has 0 unspecified atom stereocenters. The van der Waals surface area contributed by atoms with Gasteiger partial charge in [-0.2, -0.15) is 0 Å². The van der Waals surface area contributed by atoms with E-state index in [0.29, 0.717) is 32.9 Å². The predicted molar refractivity (Wildman–Crippen MR) is 122 cm³/mol. The van der Waals surface area contributed by atoms with Crippen LogP contribution in [0.5, 0.6) is 5.75 Å². The first-order valence-corrected chi connectivity index (χ1v) is 9.79. The number of primary amides is 1. The lowest BCUT2D eigenvalue weighted by molar-refractivity contribution is 0.0998. The molecule has 0 atom stereocenters. The van der Waals surface area contributed by atoms with Crippen LogP contribution in [0.4, 0.5) is 17.2 Å². The van der Waals surface area contributed by atoms with E-state index in [2.05, 4.69) is 20.5 Å². The summed E-state index contributed by atoms with van der Waals surface area (Å²) in [6.07, 6.45) is 1.57. The zero-order valence-electron chi connectivity index (χ0n) is 16.5. The first-order valence-electron chi connectivity index (χ1n) is 9.41. The molecule has 0 fully saturated rings. The van der Waals surface area contributed by atoms with Crippen molar-refractivity contribution in [3.8, 4) is 5.75 Å². The van der Waals surface area contributed by atoms with Crippen molar-refractivity contribution < 1.29 is 14.7 Å². The lowest BCUT2D eigenvalue weighted by Crippen LogP contribution is -2.13. The van der Waals surface area contributed by atoms with Gasteiger partial charge in [0.2, 0.25) is 5.91 Å². The molecule has 0 saturated carbocycles. The number of phenols is 1. The largest absolute Gasteiger partial charge is 0.505 e. The van der Waals surface area contributed by atoms with E-state index in [4.69, 9.17) is 17.3 Å². The minimum absolute atomic E-state index is 0.0197. The van der Waals surface area contributed by atoms with E-state index in [9.17, 15) is 14.7 Å². The van der Waals surface area contributed by atoms with E-state index in [0.717, 1.165) is 0 Å². The maximum absolute atomic E-state index is 12.9. The summed E-state index contributed by atoms with van der Waals surface area (Å²) >= 11 is 6.12. The van der Waals surface area contributed by atoms with Gasteiger partial charge in [0.15, 0.2) is 11.6 Å². The molecule has 0 bridgehead atoms. The number of nitrogens with one attached hydrogen (secondary N) is 1. The van der Waals surface area contributed by atoms with Crippen LogP contribution in [0, 0.1) is 0 Å². The van der Waals surface area contributed by atoms with E-state index in [1.54, 1.807) is 42.6 Å². The topological polar surface area (TPSA) is 130 Å². The fraction of sp³-hybridized carbons (Fsp3) is 0. The van der Waals surface area contributed by atoms with E-state index in [1.165, 1.54) is 30.3 Å². The molecule has 0 aliphatic heterocycles. The first-order chi connectivity index (χ1) is 15.4. The van der Waals surface area contributed by atoms with Crippen molar-refractivity contribution in [2.24, 2.45) is 16.0 Å². The lowest BCUT2D eigenvalue weighted by Gasteiger charge is -2.11. The molecule has 0 saturated heterocycles. The number of fused-ring (bicyclic) bond motifs is 1. The van der Waals surface area contributed by atoms with Crippen molar-refractivity contribution in [3.63, 3.8) is 0 Å². The van der Waals surface area contributed by atoms with Crippen molar-refractivity contribution in [3.05, 3.63) is 89.1 Å². The Bertz CT molecular complexity index is 1360. The zero-order chi connectivity index (χ0) is 22.7. The number of hydrogen-bond acceptors (Lipinski definition) is 6. The number of pyridine rings is 1. The minimum Gasteiger partial charge on any atom is -0.505 e. The number of rotatable bonds is 5. The van der Waals surface area contributed by atoms with E-state index in [-0.39, 0.29) is 17.0 Å². The molecular formula is C23H16ClN5O3. The van der Waals surface area contributed by atoms with Gasteiger partial charge in [0.05, 0.1) is 5.56 Å². The molecule has 2 amide bonds. The maximum Gasteiger partial charge on any atom is 0.259 e. The van der Waals surface area contributed by atoms with Gasteiger partial charge in [-0.05, 0) is 60.0 Å². The summed E-state index contributed by atoms with van der Waals surface area (Å²) in [5, 5.41) is 23.4. The highest BCUT2D eigenvalue weighted by molar-refractivity contribution is 6.31. The van der Waals surface area contributed by atoms with Crippen LogP contribution in [-0.2, 0) is 0 Å². The second-order valence-electron chi connectivity index (χ2n) is 6.77. The molecule has 4 rings (SSSR count). The molecule has 0 aliphatic rings. The second-order valence-corrected chi connectivity index (χ2v) is 7.21. The third-order valence-corrected chi connectivity index (χ3v) is 4.86. The smallest absolute Gasteiger partial charge is 0.259 e. The van der Waals surface area contributed by atoms with E-state index >= 15 is 0 Å². The highest BCUT2D eigenvalue weighted by Crippen LogP contribution is 2.40. The average molecular weight is 446 g/mol. The molecule has 9 heteroatoms. The van der Waals surface area contributed by atoms with E-state index < -0.39 is 11.8 Å². The molecule has 4 N–H and O–H groups in total. The van der Waals surface area contributed by atoms with Gasteiger partial charge >= 0.3 is 0 Å². The number of nitrogens with zero attached hydrogens (tertiary/aromatic N) is 3. The van der Waals surface area contributed by atoms with Gasteiger partial charge in [0.25, 0.3) is 5.91 Å². The molecule has 3 aromatic carbocycles. The van der Waals surface area contributed by atoms with Gasteiger partial charge in [-0.1, -0.05) is 23.7 Å². The summed E-state index contributed by atoms with van der Waals surface area (Å²) < 4.78 is 0. The number of nitrogens with two attached hydrogens (primary N) is 1. The normalized spacial score (nSPS) is 11.0. The zero-order valence-corrected chi connectivity index (χ0v) is 17.2. The third kappa shape index (κ3) is 4.40. The average Bonchev–Trinajstić information content (AvgIpc) is 2.79. The molecule has 8 nitrogen and oxygen atoms in total. The Kier molecular flexibility index (Phi) is 5.78. The van der Waals surface area contributed by atoms with Crippen LogP contribution < -0.4 is 11.1 Å². The van der Waals surface area contributed by atoms with Crippen molar-refractivity contribution in [1.29, 1.82) is 0 Å². The van der Waals surface area contributed by atoms with E-state index in [1.807, 2.05) is 0 Å². The van der Waals surface area contributed by atoms with Gasteiger partial charge in [0.1, 0.15) is 5.69 Å². The van der Waals surface area contributed by atoms with Crippen LogP contribution in [-0.4, -0.2) is 21.9 Å². The maximum atomic E-state index is 12.9. The molecule has 1 heterocycles. The number of aromatic hydroxyl groups is 1. The van der Waals surface area contributed by atoms with Crippen LogP contribution in [0.3, 0.4) is 0 Å². The molecule has 32 heavy (non-hydrogen) atoms. The molecule has 0 radical (unpaired) electrons. The Morgan fingerprint density at radius 3 is 2.47 bits per heavy atom. The summed E-state index contributed by atoms with van der Waals surface area (Å²) in [5.41, 5.74) is 6.05. The Morgan fingerprint density at radius 2 is 1.78 bits per heavy atom. The van der Waals surface area contributed by atoms with Crippen molar-refractivity contribution >= 4 is 51.4 Å². The number of hydrogen-bond donors (Lipinski definition) is 3. The van der Waals surface area contributed by atoms with Crippen LogP contribution in [0.2, 0.25) is 5.02 Å². The number of azo groups is 1. The van der Waals surface area contributed by atoms with Crippen LogP contribution >= 0.6 is 11.6 Å². The quantitative estimate of drug-likeness (QED) is 0.357. The fourth-order valence-electron chi connectivity index (χ4n) is 3.05. The Morgan fingerprint density at radius 1 is 1.00 bits per heavy atom. The number of anilines is 1. The van der Waals surface area contributed by atoms with Gasteiger partial charge in [0, 0.05) is 27.9 Å². The SMILES string of the molecule is NC(=O)c1ccc(NC(=O)c2cc3cc(Cl)ccc3c(/N=N/c3ccccn3)c2O)cc1. The second kappa shape index (κ2) is 8.83. The van der Waals surface area contributed by atoms with Gasteiger partial charge in [-0.15, -0.1) is 10.2 Å². The van der Waals surface area contributed by atoms with Crippen molar-refractivity contribution in [2.45, 2.75) is 0 Å². The van der Waals surface area contributed by atoms with Gasteiger partial charge in [-0.25, -0.2) is 4.98 Å². The molecule has 0 aliphatic carbocycles. The van der Waals surface area contributed by atoms with Gasteiger partial charge in [-0.3, -0.25) is 9.59 Å². The van der Waals surface area contributed by atoms with Crippen molar-refractivity contribution in [1.82, 2.24) is 4.98 Å². The van der Waals surface area contributed by atoms with Gasteiger partial charge < -0.3 is 16.2 Å². The lowest BCUT2D eigenvalue weighted by atomic mass is 10.0. The number of carbonyl (C=O) groups excluding carboxylic acids is 2.